The van der Waals surface area contributed by atoms with Crippen molar-refractivity contribution >= 4 is 5.78 Å². The van der Waals surface area contributed by atoms with Gasteiger partial charge in [0, 0.05) is 11.6 Å². The van der Waals surface area contributed by atoms with E-state index < -0.39 is 5.82 Å². The van der Waals surface area contributed by atoms with E-state index in [-0.39, 0.29) is 12.4 Å². The second-order valence-corrected chi connectivity index (χ2v) is 4.30. The van der Waals surface area contributed by atoms with Crippen LogP contribution >= 0.6 is 0 Å². The Morgan fingerprint density at radius 3 is 2.60 bits per heavy atom. The second kappa shape index (κ2) is 6.19. The molecule has 104 valence electrons. The standard InChI is InChI=1S/C16H15FO3/c1-11(18)14-5-3-4-6-16(14)20-10-12-7-8-13(19-2)9-15(12)17/h3-9H,10H2,1-2H3. The molecular formula is C16H15FO3. The van der Waals surface area contributed by atoms with E-state index in [1.165, 1.54) is 20.1 Å². The second-order valence-electron chi connectivity index (χ2n) is 4.30. The van der Waals surface area contributed by atoms with Crippen LogP contribution in [0.15, 0.2) is 42.5 Å². The van der Waals surface area contributed by atoms with Gasteiger partial charge >= 0.3 is 0 Å². The number of Topliss-reactive ketones (excluding diaryl/α,β-unsaturated/α-hetero) is 1. The Kier molecular flexibility index (Phi) is 4.35. The molecule has 0 saturated heterocycles. The minimum absolute atomic E-state index is 0.0557. The highest BCUT2D eigenvalue weighted by atomic mass is 19.1. The van der Waals surface area contributed by atoms with Crippen LogP contribution in [0, 0.1) is 5.82 Å². The fourth-order valence-electron chi connectivity index (χ4n) is 1.81. The van der Waals surface area contributed by atoms with Gasteiger partial charge in [0.05, 0.1) is 12.7 Å². The van der Waals surface area contributed by atoms with Gasteiger partial charge < -0.3 is 9.47 Å². The van der Waals surface area contributed by atoms with E-state index >= 15 is 0 Å². The molecule has 2 aromatic rings. The number of para-hydroxylation sites is 1. The lowest BCUT2D eigenvalue weighted by Crippen LogP contribution is -2.03. The maximum atomic E-state index is 13.8. The summed E-state index contributed by atoms with van der Waals surface area (Å²) in [4.78, 5) is 11.5. The van der Waals surface area contributed by atoms with E-state index in [9.17, 15) is 9.18 Å². The van der Waals surface area contributed by atoms with Crippen molar-refractivity contribution in [3.63, 3.8) is 0 Å². The number of carbonyl (C=O) groups excluding carboxylic acids is 1. The van der Waals surface area contributed by atoms with Gasteiger partial charge in [0.25, 0.3) is 0 Å². The van der Waals surface area contributed by atoms with Crippen molar-refractivity contribution in [1.29, 1.82) is 0 Å². The summed E-state index contributed by atoms with van der Waals surface area (Å²) in [6, 6.07) is 11.5. The Morgan fingerprint density at radius 2 is 1.95 bits per heavy atom. The van der Waals surface area contributed by atoms with Crippen molar-refractivity contribution in [2.75, 3.05) is 7.11 Å². The molecule has 2 rings (SSSR count). The van der Waals surface area contributed by atoms with Crippen molar-refractivity contribution in [3.8, 4) is 11.5 Å². The number of rotatable bonds is 5. The number of carbonyl (C=O) groups is 1. The van der Waals surface area contributed by atoms with E-state index in [0.717, 1.165) is 0 Å². The third kappa shape index (κ3) is 3.15. The van der Waals surface area contributed by atoms with Crippen LogP contribution in [0.3, 0.4) is 0 Å². The monoisotopic (exact) mass is 274 g/mol. The first-order chi connectivity index (χ1) is 9.61. The van der Waals surface area contributed by atoms with Gasteiger partial charge in [-0.15, -0.1) is 0 Å². The molecule has 3 nitrogen and oxygen atoms in total. The van der Waals surface area contributed by atoms with Crippen molar-refractivity contribution in [1.82, 2.24) is 0 Å². The molecule has 2 aromatic carbocycles. The lowest BCUT2D eigenvalue weighted by molar-refractivity contribution is 0.101. The minimum atomic E-state index is -0.398. The maximum absolute atomic E-state index is 13.8. The average Bonchev–Trinajstić information content (AvgIpc) is 2.46. The lowest BCUT2D eigenvalue weighted by Gasteiger charge is -2.10. The van der Waals surface area contributed by atoms with E-state index in [0.29, 0.717) is 22.6 Å². The van der Waals surface area contributed by atoms with Crippen molar-refractivity contribution in [2.45, 2.75) is 13.5 Å². The molecular weight excluding hydrogens is 259 g/mol. The molecule has 0 saturated carbocycles. The molecule has 0 heterocycles. The number of halogens is 1. The Labute approximate surface area is 117 Å². The molecule has 0 aliphatic heterocycles. The van der Waals surface area contributed by atoms with Gasteiger partial charge in [0.1, 0.15) is 23.9 Å². The molecule has 0 aliphatic carbocycles. The Hall–Kier alpha value is -2.36. The molecule has 0 radical (unpaired) electrons. The van der Waals surface area contributed by atoms with Crippen LogP contribution in [0.5, 0.6) is 11.5 Å². The topological polar surface area (TPSA) is 35.5 Å². The summed E-state index contributed by atoms with van der Waals surface area (Å²) < 4.78 is 24.2. The SMILES string of the molecule is COc1ccc(COc2ccccc2C(C)=O)c(F)c1. The summed E-state index contributed by atoms with van der Waals surface area (Å²) in [6.45, 7) is 1.52. The molecule has 0 unspecified atom stereocenters. The van der Waals surface area contributed by atoms with Gasteiger partial charge in [-0.2, -0.15) is 0 Å². The highest BCUT2D eigenvalue weighted by Gasteiger charge is 2.09. The molecule has 0 amide bonds. The Morgan fingerprint density at radius 1 is 1.20 bits per heavy atom. The first kappa shape index (κ1) is 14.1. The van der Waals surface area contributed by atoms with Crippen LogP contribution in [-0.4, -0.2) is 12.9 Å². The zero-order valence-electron chi connectivity index (χ0n) is 11.4. The summed E-state index contributed by atoms with van der Waals surface area (Å²) in [5.41, 5.74) is 0.894. The van der Waals surface area contributed by atoms with E-state index in [2.05, 4.69) is 0 Å². The van der Waals surface area contributed by atoms with Crippen molar-refractivity contribution in [3.05, 3.63) is 59.4 Å². The van der Waals surface area contributed by atoms with E-state index in [1.54, 1.807) is 36.4 Å². The van der Waals surface area contributed by atoms with Gasteiger partial charge in [-0.3, -0.25) is 4.79 Å². The molecule has 20 heavy (non-hydrogen) atoms. The zero-order chi connectivity index (χ0) is 14.5. The summed E-state index contributed by atoms with van der Waals surface area (Å²) in [5.74, 6) is 0.422. The third-order valence-electron chi connectivity index (χ3n) is 2.91. The quantitative estimate of drug-likeness (QED) is 0.781. The number of benzene rings is 2. The summed E-state index contributed by atoms with van der Waals surface area (Å²) in [5, 5.41) is 0. The van der Waals surface area contributed by atoms with Crippen LogP contribution in [0.1, 0.15) is 22.8 Å². The fraction of sp³-hybridized carbons (Fsp3) is 0.188. The van der Waals surface area contributed by atoms with Crippen molar-refractivity contribution < 1.29 is 18.7 Å². The van der Waals surface area contributed by atoms with Gasteiger partial charge in [-0.25, -0.2) is 4.39 Å². The number of ketones is 1. The van der Waals surface area contributed by atoms with Gasteiger partial charge in [0.15, 0.2) is 5.78 Å². The molecule has 0 aliphatic rings. The van der Waals surface area contributed by atoms with E-state index in [1.807, 2.05) is 0 Å². The smallest absolute Gasteiger partial charge is 0.163 e. The number of methoxy groups -OCH3 is 1. The highest BCUT2D eigenvalue weighted by molar-refractivity contribution is 5.96. The molecule has 0 atom stereocenters. The molecule has 0 bridgehead atoms. The van der Waals surface area contributed by atoms with E-state index in [4.69, 9.17) is 9.47 Å². The normalized spacial score (nSPS) is 10.2. The lowest BCUT2D eigenvalue weighted by atomic mass is 10.1. The third-order valence-corrected chi connectivity index (χ3v) is 2.91. The Balaban J connectivity index is 2.15. The predicted molar refractivity (Wildman–Crippen MR) is 73.7 cm³/mol. The molecule has 0 fully saturated rings. The molecule has 4 heteroatoms. The summed E-state index contributed by atoms with van der Waals surface area (Å²) in [6.07, 6.45) is 0. The zero-order valence-corrected chi connectivity index (χ0v) is 11.4. The van der Waals surface area contributed by atoms with Crippen LogP contribution < -0.4 is 9.47 Å². The average molecular weight is 274 g/mol. The number of hydrogen-bond donors (Lipinski definition) is 0. The molecule has 0 spiro atoms. The van der Waals surface area contributed by atoms with Crippen LogP contribution in [0.25, 0.3) is 0 Å². The minimum Gasteiger partial charge on any atom is -0.497 e. The molecule has 0 aromatic heterocycles. The summed E-state index contributed by atoms with van der Waals surface area (Å²) in [7, 11) is 1.48. The highest BCUT2D eigenvalue weighted by Crippen LogP contribution is 2.22. The summed E-state index contributed by atoms with van der Waals surface area (Å²) >= 11 is 0. The fourth-order valence-corrected chi connectivity index (χ4v) is 1.81. The van der Waals surface area contributed by atoms with Crippen LogP contribution in [-0.2, 0) is 6.61 Å². The Bertz CT molecular complexity index is 623. The molecule has 0 N–H and O–H groups in total. The van der Waals surface area contributed by atoms with Gasteiger partial charge in [-0.05, 0) is 31.2 Å². The first-order valence-electron chi connectivity index (χ1n) is 6.17. The van der Waals surface area contributed by atoms with Gasteiger partial charge in [0.2, 0.25) is 0 Å². The van der Waals surface area contributed by atoms with Crippen LogP contribution in [0.2, 0.25) is 0 Å². The first-order valence-corrected chi connectivity index (χ1v) is 6.17. The number of ether oxygens (including phenoxy) is 2. The predicted octanol–water partition coefficient (Wildman–Crippen LogP) is 3.62. The number of hydrogen-bond acceptors (Lipinski definition) is 3. The van der Waals surface area contributed by atoms with Crippen LogP contribution in [0.4, 0.5) is 4.39 Å². The van der Waals surface area contributed by atoms with Crippen molar-refractivity contribution in [2.24, 2.45) is 0 Å². The maximum Gasteiger partial charge on any atom is 0.163 e. The largest absolute Gasteiger partial charge is 0.497 e. The van der Waals surface area contributed by atoms with Gasteiger partial charge in [-0.1, -0.05) is 12.1 Å².